The van der Waals surface area contributed by atoms with E-state index in [1.54, 1.807) is 20.8 Å². The largest absolute Gasteiger partial charge is 0.466 e. The molecule has 0 aliphatic rings. The topological polar surface area (TPSA) is 78.9 Å². The molecule has 0 fully saturated rings. The quantitative estimate of drug-likeness (QED) is 0.313. The summed E-state index contributed by atoms with van der Waals surface area (Å²) in [5, 5.41) is 0. The lowest BCUT2D eigenvalue weighted by atomic mass is 10.1. The molecule has 0 saturated carbocycles. The maximum Gasteiger partial charge on any atom is 0.305 e. The molecular weight excluding hydrogens is 288 g/mol. The van der Waals surface area contributed by atoms with Gasteiger partial charge in [-0.05, 0) is 25.7 Å². The third-order valence-corrected chi connectivity index (χ3v) is 3.03. The summed E-state index contributed by atoms with van der Waals surface area (Å²) in [7, 11) is 0. The van der Waals surface area contributed by atoms with E-state index >= 15 is 0 Å². The van der Waals surface area contributed by atoms with Crippen molar-refractivity contribution in [2.45, 2.75) is 71.8 Å². The Morgan fingerprint density at radius 3 is 1.50 bits per heavy atom. The van der Waals surface area contributed by atoms with Crippen molar-refractivity contribution in [2.75, 3.05) is 13.2 Å². The van der Waals surface area contributed by atoms with Gasteiger partial charge >= 0.3 is 17.9 Å². The number of rotatable bonds is 12. The van der Waals surface area contributed by atoms with Crippen molar-refractivity contribution >= 4 is 17.9 Å². The number of hydrogen-bond donors (Lipinski definition) is 0. The monoisotopic (exact) mass is 316 g/mol. The fourth-order valence-corrected chi connectivity index (χ4v) is 1.73. The fourth-order valence-electron chi connectivity index (χ4n) is 1.73. The van der Waals surface area contributed by atoms with Crippen molar-refractivity contribution in [3.05, 3.63) is 0 Å². The van der Waals surface area contributed by atoms with Crippen molar-refractivity contribution in [3.8, 4) is 0 Å². The van der Waals surface area contributed by atoms with E-state index in [2.05, 4.69) is 0 Å². The van der Waals surface area contributed by atoms with E-state index in [-0.39, 0.29) is 24.0 Å². The van der Waals surface area contributed by atoms with Crippen LogP contribution < -0.4 is 0 Å². The van der Waals surface area contributed by atoms with Gasteiger partial charge < -0.3 is 14.2 Å². The molecule has 0 N–H and O–H groups in total. The molecule has 22 heavy (non-hydrogen) atoms. The van der Waals surface area contributed by atoms with Gasteiger partial charge in [0.1, 0.15) is 6.10 Å². The maximum absolute atomic E-state index is 11.4. The Morgan fingerprint density at radius 2 is 1.14 bits per heavy atom. The van der Waals surface area contributed by atoms with Crippen molar-refractivity contribution in [1.82, 2.24) is 0 Å². The summed E-state index contributed by atoms with van der Waals surface area (Å²) in [5.74, 6) is -0.705. The van der Waals surface area contributed by atoms with Crippen molar-refractivity contribution in [2.24, 2.45) is 0 Å². The minimum absolute atomic E-state index is 0.228. The lowest BCUT2D eigenvalue weighted by molar-refractivity contribution is -0.151. The minimum atomic E-state index is -0.249. The molecule has 0 aromatic carbocycles. The smallest absolute Gasteiger partial charge is 0.305 e. The second-order valence-electron chi connectivity index (χ2n) is 4.90. The van der Waals surface area contributed by atoms with E-state index in [1.807, 2.05) is 0 Å². The highest BCUT2D eigenvalue weighted by molar-refractivity contribution is 5.69. The van der Waals surface area contributed by atoms with Gasteiger partial charge in [-0.1, -0.05) is 20.8 Å². The van der Waals surface area contributed by atoms with Crippen LogP contribution in [0, 0.1) is 0 Å². The van der Waals surface area contributed by atoms with E-state index in [4.69, 9.17) is 14.2 Å². The van der Waals surface area contributed by atoms with Gasteiger partial charge in [-0.3, -0.25) is 14.4 Å². The van der Waals surface area contributed by atoms with Gasteiger partial charge in [-0.2, -0.15) is 0 Å². The molecule has 0 unspecified atom stereocenters. The highest BCUT2D eigenvalue weighted by Crippen LogP contribution is 2.11. The Kier molecular flexibility index (Phi) is 12.2. The predicted octanol–water partition coefficient (Wildman–Crippen LogP) is 2.78. The second-order valence-corrected chi connectivity index (χ2v) is 4.90. The van der Waals surface area contributed by atoms with Crippen molar-refractivity contribution in [1.29, 1.82) is 0 Å². The second kappa shape index (κ2) is 13.1. The van der Waals surface area contributed by atoms with Gasteiger partial charge in [0, 0.05) is 19.3 Å². The van der Waals surface area contributed by atoms with Crippen LogP contribution in [0.3, 0.4) is 0 Å². The van der Waals surface area contributed by atoms with Crippen LogP contribution in [0.1, 0.15) is 65.7 Å². The SMILES string of the molecule is CCC(=O)OCCCC(CCCOC(=O)CC)OC(=O)CC. The molecule has 6 heteroatoms. The molecule has 0 saturated heterocycles. The van der Waals surface area contributed by atoms with Crippen LogP contribution in [0.2, 0.25) is 0 Å². The van der Waals surface area contributed by atoms with Crippen LogP contribution in [0.4, 0.5) is 0 Å². The lowest BCUT2D eigenvalue weighted by Gasteiger charge is -2.17. The van der Waals surface area contributed by atoms with Crippen LogP contribution in [-0.2, 0) is 28.6 Å². The molecule has 0 heterocycles. The molecular formula is C16H28O6. The Balaban J connectivity index is 4.01. The third kappa shape index (κ3) is 11.1. The highest BCUT2D eigenvalue weighted by atomic mass is 16.5. The summed E-state index contributed by atoms with van der Waals surface area (Å²) >= 11 is 0. The summed E-state index contributed by atoms with van der Waals surface area (Å²) in [6, 6.07) is 0. The first kappa shape index (κ1) is 20.4. The first-order valence-corrected chi connectivity index (χ1v) is 8.04. The van der Waals surface area contributed by atoms with E-state index in [0.717, 1.165) is 0 Å². The number of hydrogen-bond acceptors (Lipinski definition) is 6. The molecule has 128 valence electrons. The first-order chi connectivity index (χ1) is 10.5. The van der Waals surface area contributed by atoms with Crippen LogP contribution in [0.5, 0.6) is 0 Å². The molecule has 0 spiro atoms. The van der Waals surface area contributed by atoms with Gasteiger partial charge in [-0.25, -0.2) is 0 Å². The average Bonchev–Trinajstić information content (AvgIpc) is 2.53. The first-order valence-electron chi connectivity index (χ1n) is 8.04. The maximum atomic E-state index is 11.4. The Labute approximate surface area is 132 Å². The number of carbonyl (C=O) groups is 3. The molecule has 0 bridgehead atoms. The summed E-state index contributed by atoms with van der Waals surface area (Å²) < 4.78 is 15.3. The minimum Gasteiger partial charge on any atom is -0.466 e. The van der Waals surface area contributed by atoms with E-state index in [1.165, 1.54) is 0 Å². The number of carbonyl (C=O) groups excluding carboxylic acids is 3. The fraction of sp³-hybridized carbons (Fsp3) is 0.812. The molecule has 6 nitrogen and oxygen atoms in total. The lowest BCUT2D eigenvalue weighted by Crippen LogP contribution is -2.19. The van der Waals surface area contributed by atoms with Crippen molar-refractivity contribution in [3.63, 3.8) is 0 Å². The van der Waals surface area contributed by atoms with Crippen LogP contribution in [-0.4, -0.2) is 37.2 Å². The molecule has 0 radical (unpaired) electrons. The Hall–Kier alpha value is -1.59. The van der Waals surface area contributed by atoms with E-state index in [0.29, 0.717) is 58.2 Å². The zero-order valence-electron chi connectivity index (χ0n) is 13.9. The Bertz CT molecular complexity index is 316. The molecule has 0 aromatic heterocycles. The number of esters is 3. The molecule has 0 rings (SSSR count). The highest BCUT2D eigenvalue weighted by Gasteiger charge is 2.14. The molecule has 0 atom stereocenters. The van der Waals surface area contributed by atoms with Crippen molar-refractivity contribution < 1.29 is 28.6 Å². The third-order valence-electron chi connectivity index (χ3n) is 3.03. The van der Waals surface area contributed by atoms with Crippen LogP contribution in [0.25, 0.3) is 0 Å². The van der Waals surface area contributed by atoms with E-state index < -0.39 is 0 Å². The standard InChI is InChI=1S/C16H28O6/c1-4-14(17)20-11-7-9-13(22-16(19)6-3)10-8-12-21-15(18)5-2/h13H,4-12H2,1-3H3. The van der Waals surface area contributed by atoms with Gasteiger partial charge in [0.15, 0.2) is 0 Å². The molecule has 0 aromatic rings. The predicted molar refractivity (Wildman–Crippen MR) is 81.1 cm³/mol. The van der Waals surface area contributed by atoms with Gasteiger partial charge in [0.05, 0.1) is 13.2 Å². The molecule has 0 aliphatic carbocycles. The summed E-state index contributed by atoms with van der Waals surface area (Å²) in [4.78, 5) is 33.5. The zero-order chi connectivity index (χ0) is 16.8. The van der Waals surface area contributed by atoms with E-state index in [9.17, 15) is 14.4 Å². The van der Waals surface area contributed by atoms with Crippen LogP contribution >= 0.6 is 0 Å². The molecule has 0 amide bonds. The number of ether oxygens (including phenoxy) is 3. The van der Waals surface area contributed by atoms with Gasteiger partial charge in [0.25, 0.3) is 0 Å². The summed E-state index contributed by atoms with van der Waals surface area (Å²) in [6.07, 6.45) is 3.35. The average molecular weight is 316 g/mol. The summed E-state index contributed by atoms with van der Waals surface area (Å²) in [5.41, 5.74) is 0. The van der Waals surface area contributed by atoms with Crippen LogP contribution in [0.15, 0.2) is 0 Å². The van der Waals surface area contributed by atoms with Gasteiger partial charge in [-0.15, -0.1) is 0 Å². The summed E-state index contributed by atoms with van der Waals surface area (Å²) in [6.45, 7) is 5.89. The molecule has 0 aliphatic heterocycles. The normalized spacial score (nSPS) is 10.4. The Morgan fingerprint density at radius 1 is 0.727 bits per heavy atom. The van der Waals surface area contributed by atoms with Gasteiger partial charge in [0.2, 0.25) is 0 Å². The zero-order valence-corrected chi connectivity index (χ0v) is 13.9.